The summed E-state index contributed by atoms with van der Waals surface area (Å²) in [7, 11) is -11.5. The van der Waals surface area contributed by atoms with Crippen LogP contribution in [0.25, 0.3) is 0 Å². The lowest BCUT2D eigenvalue weighted by molar-refractivity contribution is 0.489. The molecule has 1 aromatic rings. The molecule has 2 N–H and O–H groups in total. The maximum Gasteiger partial charge on any atom is 0.242 e. The van der Waals surface area contributed by atoms with E-state index >= 15 is 0 Å². The highest BCUT2D eigenvalue weighted by atomic mass is 32.2. The number of nitrogens with one attached hydrogen (secondary N) is 2. The van der Waals surface area contributed by atoms with Crippen molar-refractivity contribution in [1.82, 2.24) is 9.44 Å². The third kappa shape index (κ3) is 6.66. The second kappa shape index (κ2) is 6.95. The van der Waals surface area contributed by atoms with Crippen molar-refractivity contribution in [1.29, 1.82) is 0 Å². The van der Waals surface area contributed by atoms with Gasteiger partial charge in [-0.25, -0.2) is 34.7 Å². The fourth-order valence-electron chi connectivity index (χ4n) is 2.16. The summed E-state index contributed by atoms with van der Waals surface area (Å²) >= 11 is 0. The molecule has 0 bridgehead atoms. The smallest absolute Gasteiger partial charge is 0.224 e. The molecular formula is C14H24N2O6S3. The van der Waals surface area contributed by atoms with Crippen LogP contribution in [0.5, 0.6) is 0 Å². The van der Waals surface area contributed by atoms with Gasteiger partial charge < -0.3 is 0 Å². The molecule has 0 fully saturated rings. The second-order valence-electron chi connectivity index (χ2n) is 6.95. The molecule has 1 unspecified atom stereocenters. The second-order valence-corrected chi connectivity index (χ2v) is 12.4. The van der Waals surface area contributed by atoms with Crippen molar-refractivity contribution in [2.24, 2.45) is 0 Å². The van der Waals surface area contributed by atoms with Crippen LogP contribution in [0.2, 0.25) is 0 Å². The standard InChI is InChI=1S/C14H24N2O6S3/c1-10(15-24(6,19)20)11-7-8-12(23(5,17)18)13(9-11)25(21,22)16-14(2,3)4/h7-10,15-16H,1-6H3. The van der Waals surface area contributed by atoms with Crippen LogP contribution in [0.3, 0.4) is 0 Å². The lowest BCUT2D eigenvalue weighted by Crippen LogP contribution is -2.41. The molecular weight excluding hydrogens is 388 g/mol. The summed E-state index contributed by atoms with van der Waals surface area (Å²) in [5, 5.41) is 0. The first-order valence-corrected chi connectivity index (χ1v) is 12.5. The van der Waals surface area contributed by atoms with E-state index in [-0.39, 0.29) is 4.90 Å². The average molecular weight is 413 g/mol. The zero-order valence-corrected chi connectivity index (χ0v) is 17.4. The normalized spacial score (nSPS) is 15.1. The van der Waals surface area contributed by atoms with Gasteiger partial charge in [-0.2, -0.15) is 0 Å². The van der Waals surface area contributed by atoms with Gasteiger partial charge in [-0.1, -0.05) is 6.07 Å². The van der Waals surface area contributed by atoms with Crippen LogP contribution in [0, 0.1) is 0 Å². The summed E-state index contributed by atoms with van der Waals surface area (Å²) in [5.74, 6) is 0. The maximum atomic E-state index is 12.7. The minimum atomic E-state index is -4.14. The Hall–Kier alpha value is -1.01. The van der Waals surface area contributed by atoms with Gasteiger partial charge in [-0.15, -0.1) is 0 Å². The SMILES string of the molecule is CC(NS(C)(=O)=O)c1ccc(S(C)(=O)=O)c(S(=O)(=O)NC(C)(C)C)c1. The maximum absolute atomic E-state index is 12.7. The monoisotopic (exact) mass is 412 g/mol. The van der Waals surface area contributed by atoms with Crippen LogP contribution in [0.15, 0.2) is 28.0 Å². The first-order valence-electron chi connectivity index (χ1n) is 7.28. The molecule has 1 atom stereocenters. The highest BCUT2D eigenvalue weighted by molar-refractivity contribution is 7.93. The van der Waals surface area contributed by atoms with Crippen molar-refractivity contribution in [3.63, 3.8) is 0 Å². The number of sulfonamides is 2. The zero-order valence-electron chi connectivity index (χ0n) is 15.0. The number of hydrogen-bond acceptors (Lipinski definition) is 6. The Morgan fingerprint density at radius 1 is 0.920 bits per heavy atom. The van der Waals surface area contributed by atoms with Crippen molar-refractivity contribution in [3.8, 4) is 0 Å². The molecule has 0 saturated heterocycles. The Kier molecular flexibility index (Phi) is 6.13. The van der Waals surface area contributed by atoms with Gasteiger partial charge in [0.05, 0.1) is 11.2 Å². The lowest BCUT2D eigenvalue weighted by Gasteiger charge is -2.22. The predicted octanol–water partition coefficient (Wildman–Crippen LogP) is 0.777. The minimum absolute atomic E-state index is 0.326. The van der Waals surface area contributed by atoms with Gasteiger partial charge in [0.1, 0.15) is 4.90 Å². The van der Waals surface area contributed by atoms with Gasteiger partial charge in [-0.05, 0) is 45.4 Å². The summed E-state index contributed by atoms with van der Waals surface area (Å²) in [6.45, 7) is 6.41. The third-order valence-corrected chi connectivity index (χ3v) is 6.85. The van der Waals surface area contributed by atoms with Gasteiger partial charge in [-0.3, -0.25) is 0 Å². The van der Waals surface area contributed by atoms with E-state index in [1.54, 1.807) is 20.8 Å². The first kappa shape index (κ1) is 22.0. The van der Waals surface area contributed by atoms with Crippen molar-refractivity contribution in [2.45, 2.75) is 49.1 Å². The molecule has 1 aromatic carbocycles. The Morgan fingerprint density at radius 2 is 1.44 bits per heavy atom. The van der Waals surface area contributed by atoms with E-state index in [4.69, 9.17) is 0 Å². The lowest BCUT2D eigenvalue weighted by atomic mass is 10.1. The third-order valence-electron chi connectivity index (χ3n) is 2.99. The molecule has 0 heterocycles. The van der Waals surface area contributed by atoms with E-state index in [9.17, 15) is 25.3 Å². The molecule has 0 aliphatic carbocycles. The summed E-state index contributed by atoms with van der Waals surface area (Å²) < 4.78 is 76.7. The summed E-state index contributed by atoms with van der Waals surface area (Å²) in [6.07, 6.45) is 1.89. The van der Waals surface area contributed by atoms with Crippen LogP contribution in [-0.4, -0.2) is 43.3 Å². The van der Waals surface area contributed by atoms with E-state index in [1.807, 2.05) is 0 Å². The Labute approximate surface area is 150 Å². The minimum Gasteiger partial charge on any atom is -0.224 e. The van der Waals surface area contributed by atoms with Crippen molar-refractivity contribution in [2.75, 3.05) is 12.5 Å². The molecule has 0 aliphatic heterocycles. The molecule has 0 aromatic heterocycles. The predicted molar refractivity (Wildman–Crippen MR) is 96.0 cm³/mol. The fraction of sp³-hybridized carbons (Fsp3) is 0.571. The molecule has 0 saturated carbocycles. The van der Waals surface area contributed by atoms with E-state index < -0.39 is 46.4 Å². The first-order chi connectivity index (χ1) is 10.9. The highest BCUT2D eigenvalue weighted by Crippen LogP contribution is 2.26. The van der Waals surface area contributed by atoms with Gasteiger partial charge in [0.15, 0.2) is 9.84 Å². The van der Waals surface area contributed by atoms with Crippen LogP contribution >= 0.6 is 0 Å². The van der Waals surface area contributed by atoms with Crippen LogP contribution in [0.1, 0.15) is 39.3 Å². The van der Waals surface area contributed by atoms with E-state index in [1.165, 1.54) is 25.1 Å². The molecule has 144 valence electrons. The Morgan fingerprint density at radius 3 is 1.84 bits per heavy atom. The van der Waals surface area contributed by atoms with Crippen LogP contribution in [0.4, 0.5) is 0 Å². The summed E-state index contributed by atoms with van der Waals surface area (Å²) in [5.41, 5.74) is -0.493. The number of sulfone groups is 1. The largest absolute Gasteiger partial charge is 0.242 e. The molecule has 0 spiro atoms. The van der Waals surface area contributed by atoms with Crippen molar-refractivity contribution >= 4 is 29.9 Å². The molecule has 0 radical (unpaired) electrons. The number of rotatable bonds is 6. The fourth-order valence-corrected chi connectivity index (χ4v) is 6.00. The molecule has 0 amide bonds. The van der Waals surface area contributed by atoms with Gasteiger partial charge in [0.25, 0.3) is 0 Å². The molecule has 11 heteroatoms. The quantitative estimate of drug-likeness (QED) is 0.711. The molecule has 8 nitrogen and oxygen atoms in total. The van der Waals surface area contributed by atoms with E-state index in [0.717, 1.165) is 12.5 Å². The van der Waals surface area contributed by atoms with Gasteiger partial charge >= 0.3 is 0 Å². The van der Waals surface area contributed by atoms with Gasteiger partial charge in [0, 0.05) is 17.8 Å². The van der Waals surface area contributed by atoms with E-state index in [2.05, 4.69) is 9.44 Å². The molecule has 0 aliphatic rings. The van der Waals surface area contributed by atoms with Crippen LogP contribution in [-0.2, 0) is 29.9 Å². The number of benzene rings is 1. The van der Waals surface area contributed by atoms with Crippen LogP contribution < -0.4 is 9.44 Å². The van der Waals surface area contributed by atoms with Gasteiger partial charge in [0.2, 0.25) is 20.0 Å². The topological polar surface area (TPSA) is 126 Å². The highest BCUT2D eigenvalue weighted by Gasteiger charge is 2.29. The van der Waals surface area contributed by atoms with Crippen molar-refractivity contribution in [3.05, 3.63) is 23.8 Å². The van der Waals surface area contributed by atoms with E-state index in [0.29, 0.717) is 5.56 Å². The van der Waals surface area contributed by atoms with Crippen molar-refractivity contribution < 1.29 is 25.3 Å². The average Bonchev–Trinajstić information content (AvgIpc) is 2.32. The molecule has 1 rings (SSSR count). The number of hydrogen-bond donors (Lipinski definition) is 2. The summed E-state index contributed by atoms with van der Waals surface area (Å²) in [6, 6.07) is 3.00. The molecule has 25 heavy (non-hydrogen) atoms. The Balaban J connectivity index is 3.59. The summed E-state index contributed by atoms with van der Waals surface area (Å²) in [4.78, 5) is -0.760. The Bertz CT molecular complexity index is 958. The zero-order chi connectivity index (χ0) is 19.8.